The number of nitrogens with one attached hydrogen (secondary N) is 1. The molecule has 1 aliphatic rings. The first kappa shape index (κ1) is 9.85. The lowest BCUT2D eigenvalue weighted by atomic mass is 10.2. The van der Waals surface area contributed by atoms with Crippen LogP contribution in [-0.4, -0.2) is 41.6 Å². The fourth-order valence-corrected chi connectivity index (χ4v) is 1.50. The van der Waals surface area contributed by atoms with Crippen LogP contribution < -0.4 is 10.6 Å². The Hall–Kier alpha value is -1.69. The number of morpholine rings is 1. The van der Waals surface area contributed by atoms with Gasteiger partial charge in [-0.1, -0.05) is 0 Å². The molecule has 6 nitrogen and oxygen atoms in total. The lowest BCUT2D eigenvalue weighted by Crippen LogP contribution is -2.48. The zero-order valence-electron chi connectivity index (χ0n) is 8.26. The van der Waals surface area contributed by atoms with Gasteiger partial charge in [0, 0.05) is 18.9 Å². The van der Waals surface area contributed by atoms with Crippen LogP contribution in [0.25, 0.3) is 0 Å². The van der Waals surface area contributed by atoms with Crippen LogP contribution in [0.2, 0.25) is 0 Å². The molecule has 0 saturated carbocycles. The molecule has 1 aliphatic heterocycles. The molecule has 1 unspecified atom stereocenters. The number of hydrogen-bond acceptors (Lipinski definition) is 5. The maximum absolute atomic E-state index is 7.33. The van der Waals surface area contributed by atoms with Crippen molar-refractivity contribution < 1.29 is 4.74 Å². The van der Waals surface area contributed by atoms with E-state index in [9.17, 15) is 0 Å². The Kier molecular flexibility index (Phi) is 2.77. The van der Waals surface area contributed by atoms with E-state index in [2.05, 4.69) is 9.97 Å². The van der Waals surface area contributed by atoms with Crippen molar-refractivity contribution in [1.82, 2.24) is 9.97 Å². The summed E-state index contributed by atoms with van der Waals surface area (Å²) in [5.74, 6) is 0.857. The number of anilines is 1. The van der Waals surface area contributed by atoms with Crippen molar-refractivity contribution in [3.63, 3.8) is 0 Å². The van der Waals surface area contributed by atoms with Crippen molar-refractivity contribution in [2.75, 3.05) is 24.6 Å². The Morgan fingerprint density at radius 2 is 2.47 bits per heavy atom. The van der Waals surface area contributed by atoms with E-state index in [4.69, 9.17) is 15.9 Å². The highest BCUT2D eigenvalue weighted by Crippen LogP contribution is 2.12. The normalized spacial score (nSPS) is 21.3. The van der Waals surface area contributed by atoms with Gasteiger partial charge in [-0.2, -0.15) is 0 Å². The summed E-state index contributed by atoms with van der Waals surface area (Å²) < 4.78 is 5.35. The fraction of sp³-hybridized carbons (Fsp3) is 0.444. The Morgan fingerprint density at radius 3 is 3.13 bits per heavy atom. The summed E-state index contributed by atoms with van der Waals surface area (Å²) in [6.45, 7) is 1.87. The minimum atomic E-state index is -0.333. The van der Waals surface area contributed by atoms with E-state index in [0.29, 0.717) is 13.2 Å². The minimum Gasteiger partial charge on any atom is -0.385 e. The van der Waals surface area contributed by atoms with Crippen LogP contribution in [0.3, 0.4) is 0 Å². The van der Waals surface area contributed by atoms with Crippen molar-refractivity contribution in [3.05, 3.63) is 18.6 Å². The zero-order valence-corrected chi connectivity index (χ0v) is 8.26. The van der Waals surface area contributed by atoms with Crippen molar-refractivity contribution >= 4 is 11.7 Å². The van der Waals surface area contributed by atoms with Crippen LogP contribution >= 0.6 is 0 Å². The first-order valence-electron chi connectivity index (χ1n) is 4.74. The number of rotatable bonds is 2. The third kappa shape index (κ3) is 2.21. The zero-order chi connectivity index (χ0) is 10.7. The van der Waals surface area contributed by atoms with Crippen LogP contribution in [0.4, 0.5) is 5.82 Å². The van der Waals surface area contributed by atoms with Gasteiger partial charge in [-0.25, -0.2) is 4.98 Å². The van der Waals surface area contributed by atoms with Gasteiger partial charge < -0.3 is 15.4 Å². The van der Waals surface area contributed by atoms with Crippen LogP contribution in [0.15, 0.2) is 18.6 Å². The van der Waals surface area contributed by atoms with Crippen molar-refractivity contribution in [2.45, 2.75) is 6.10 Å². The summed E-state index contributed by atoms with van der Waals surface area (Å²) in [5, 5.41) is 7.33. The topological polar surface area (TPSA) is 88.1 Å². The van der Waals surface area contributed by atoms with Crippen LogP contribution in [0.5, 0.6) is 0 Å². The van der Waals surface area contributed by atoms with Gasteiger partial charge in [0.15, 0.2) is 0 Å². The lowest BCUT2D eigenvalue weighted by molar-refractivity contribution is 0.0823. The molecule has 6 heteroatoms. The fourth-order valence-electron chi connectivity index (χ4n) is 1.50. The lowest BCUT2D eigenvalue weighted by Gasteiger charge is -2.32. The highest BCUT2D eigenvalue weighted by Gasteiger charge is 2.23. The monoisotopic (exact) mass is 207 g/mol. The maximum Gasteiger partial charge on any atom is 0.147 e. The van der Waals surface area contributed by atoms with E-state index in [1.807, 2.05) is 4.90 Å². The molecule has 2 rings (SSSR count). The third-order valence-corrected chi connectivity index (χ3v) is 2.29. The summed E-state index contributed by atoms with van der Waals surface area (Å²) in [7, 11) is 0. The molecule has 1 aromatic heterocycles. The first-order valence-corrected chi connectivity index (χ1v) is 4.74. The number of nitrogens with zero attached hydrogens (tertiary/aromatic N) is 3. The van der Waals surface area contributed by atoms with Gasteiger partial charge in [0.1, 0.15) is 17.8 Å². The van der Waals surface area contributed by atoms with Gasteiger partial charge in [0.05, 0.1) is 19.3 Å². The molecule has 1 aromatic rings. The molecule has 1 saturated heterocycles. The van der Waals surface area contributed by atoms with Gasteiger partial charge >= 0.3 is 0 Å². The average Bonchev–Trinajstić information content (AvgIpc) is 2.30. The van der Waals surface area contributed by atoms with Crippen LogP contribution in [0, 0.1) is 5.41 Å². The smallest absolute Gasteiger partial charge is 0.147 e. The number of ether oxygens (including phenoxy) is 1. The molecule has 0 aromatic carbocycles. The van der Waals surface area contributed by atoms with Crippen LogP contribution in [0.1, 0.15) is 0 Å². The summed E-state index contributed by atoms with van der Waals surface area (Å²) in [4.78, 5) is 10.2. The largest absolute Gasteiger partial charge is 0.385 e. The van der Waals surface area contributed by atoms with Crippen molar-refractivity contribution in [2.24, 2.45) is 5.73 Å². The second-order valence-electron chi connectivity index (χ2n) is 3.32. The second kappa shape index (κ2) is 4.22. The number of hydrogen-bond donors (Lipinski definition) is 2. The third-order valence-electron chi connectivity index (χ3n) is 2.29. The molecule has 0 spiro atoms. The van der Waals surface area contributed by atoms with Gasteiger partial charge in [0.25, 0.3) is 0 Å². The molecule has 1 fully saturated rings. The Labute approximate surface area is 87.6 Å². The first-order chi connectivity index (χ1) is 7.27. The molecule has 3 N–H and O–H groups in total. The second-order valence-corrected chi connectivity index (χ2v) is 3.32. The van der Waals surface area contributed by atoms with Gasteiger partial charge in [-0.3, -0.25) is 10.4 Å². The van der Waals surface area contributed by atoms with E-state index in [1.54, 1.807) is 18.6 Å². The molecule has 0 bridgehead atoms. The summed E-state index contributed by atoms with van der Waals surface area (Å²) in [6, 6.07) is 0. The molecule has 80 valence electrons. The average molecular weight is 207 g/mol. The van der Waals surface area contributed by atoms with Crippen LogP contribution in [-0.2, 0) is 4.74 Å². The van der Waals surface area contributed by atoms with Gasteiger partial charge in [-0.15, -0.1) is 0 Å². The molecule has 2 heterocycles. The Bertz CT molecular complexity index is 342. The number of amidine groups is 1. The molecular formula is C9H13N5O. The van der Waals surface area contributed by atoms with Gasteiger partial charge in [-0.05, 0) is 0 Å². The highest BCUT2D eigenvalue weighted by atomic mass is 16.5. The predicted octanol–water partition coefficient (Wildman–Crippen LogP) is -0.382. The molecule has 0 radical (unpaired) electrons. The van der Waals surface area contributed by atoms with E-state index in [0.717, 1.165) is 12.4 Å². The van der Waals surface area contributed by atoms with E-state index in [1.165, 1.54) is 0 Å². The van der Waals surface area contributed by atoms with Gasteiger partial charge in [0.2, 0.25) is 0 Å². The van der Waals surface area contributed by atoms with E-state index >= 15 is 0 Å². The molecule has 0 amide bonds. The Morgan fingerprint density at radius 1 is 1.60 bits per heavy atom. The number of nitrogens with two attached hydrogens (primary N) is 1. The summed E-state index contributed by atoms with van der Waals surface area (Å²) >= 11 is 0. The summed E-state index contributed by atoms with van der Waals surface area (Å²) in [6.07, 6.45) is 4.64. The highest BCUT2D eigenvalue weighted by molar-refractivity contribution is 5.82. The Balaban J connectivity index is 2.08. The molecule has 15 heavy (non-hydrogen) atoms. The van der Waals surface area contributed by atoms with Crippen molar-refractivity contribution in [3.8, 4) is 0 Å². The van der Waals surface area contributed by atoms with E-state index < -0.39 is 0 Å². The predicted molar refractivity (Wildman–Crippen MR) is 55.9 cm³/mol. The SMILES string of the molecule is N=C(N)C1CN(c2cnccn2)CCO1. The maximum atomic E-state index is 7.33. The van der Waals surface area contributed by atoms with E-state index in [-0.39, 0.29) is 11.9 Å². The minimum absolute atomic E-state index is 0.0589. The standard InChI is InChI=1S/C9H13N5O/c10-9(11)7-6-14(3-4-15-7)8-5-12-1-2-13-8/h1-2,5,7H,3-4,6H2,(H3,10,11). The molecular weight excluding hydrogens is 194 g/mol. The molecule has 1 atom stereocenters. The summed E-state index contributed by atoms with van der Waals surface area (Å²) in [5.41, 5.74) is 5.40. The molecule has 0 aliphatic carbocycles. The quantitative estimate of drug-likeness (QED) is 0.509. The van der Waals surface area contributed by atoms with Crippen molar-refractivity contribution in [1.29, 1.82) is 5.41 Å². The number of aromatic nitrogens is 2.